The van der Waals surface area contributed by atoms with Crippen molar-refractivity contribution in [2.24, 2.45) is 0 Å². The summed E-state index contributed by atoms with van der Waals surface area (Å²) >= 11 is 2.04. The summed E-state index contributed by atoms with van der Waals surface area (Å²) in [4.78, 5) is 0. The molecule has 1 saturated heterocycles. The molecule has 0 radical (unpaired) electrons. The molecule has 1 fully saturated rings. The Labute approximate surface area is 112 Å². The average molecular weight is 259 g/mol. The van der Waals surface area contributed by atoms with Gasteiger partial charge in [0.2, 0.25) is 0 Å². The zero-order valence-electron chi connectivity index (χ0n) is 10.4. The van der Waals surface area contributed by atoms with Crippen LogP contribution in [0.15, 0.2) is 42.7 Å². The molecule has 1 aliphatic heterocycles. The lowest BCUT2D eigenvalue weighted by atomic mass is 10.1. The lowest BCUT2D eigenvalue weighted by Gasteiger charge is -2.20. The maximum Gasteiger partial charge on any atom is 0.0876 e. The van der Waals surface area contributed by atoms with E-state index in [-0.39, 0.29) is 0 Å². The van der Waals surface area contributed by atoms with Crippen molar-refractivity contribution >= 4 is 17.4 Å². The number of rotatable bonds is 3. The maximum atomic E-state index is 4.31. The van der Waals surface area contributed by atoms with E-state index in [1.807, 2.05) is 34.9 Å². The molecule has 2 unspecified atom stereocenters. The maximum absolute atomic E-state index is 4.31. The molecule has 0 bridgehead atoms. The molecular formula is C14H17N3S. The normalized spacial score (nSPS) is 23.2. The van der Waals surface area contributed by atoms with E-state index in [2.05, 4.69) is 41.6 Å². The Hall–Kier alpha value is -1.42. The van der Waals surface area contributed by atoms with Gasteiger partial charge in [0.15, 0.2) is 0 Å². The Balaban J connectivity index is 1.88. The monoisotopic (exact) mass is 259 g/mol. The van der Waals surface area contributed by atoms with E-state index >= 15 is 0 Å². The number of anilines is 1. The van der Waals surface area contributed by atoms with E-state index in [0.29, 0.717) is 11.3 Å². The average Bonchev–Trinajstić information content (AvgIpc) is 3.03. The number of thioether (sulfide) groups is 1. The molecule has 0 spiro atoms. The largest absolute Gasteiger partial charge is 0.379 e. The van der Waals surface area contributed by atoms with E-state index in [1.54, 1.807) is 0 Å². The third-order valence-electron chi connectivity index (χ3n) is 3.37. The first-order valence-electron chi connectivity index (χ1n) is 6.32. The highest BCUT2D eigenvalue weighted by Crippen LogP contribution is 2.30. The molecule has 0 aliphatic carbocycles. The van der Waals surface area contributed by atoms with Crippen molar-refractivity contribution in [3.05, 3.63) is 42.7 Å². The number of hydrogen-bond donors (Lipinski definition) is 1. The fourth-order valence-electron chi connectivity index (χ4n) is 2.33. The molecule has 1 aliphatic rings. The fraction of sp³-hybridized carbons (Fsp3) is 0.357. The summed E-state index contributed by atoms with van der Waals surface area (Å²) in [6.45, 7) is 2.30. The van der Waals surface area contributed by atoms with Crippen LogP contribution in [0, 0.1) is 0 Å². The van der Waals surface area contributed by atoms with Gasteiger partial charge in [-0.05, 0) is 30.4 Å². The predicted molar refractivity (Wildman–Crippen MR) is 77.5 cm³/mol. The number of nitrogens with zero attached hydrogens (tertiary/aromatic N) is 2. The minimum atomic E-state index is 0.562. The summed E-state index contributed by atoms with van der Waals surface area (Å²) in [5, 5.41) is 8.65. The number of hydrogen-bond acceptors (Lipinski definition) is 3. The first-order chi connectivity index (χ1) is 8.84. The minimum absolute atomic E-state index is 0.562. The summed E-state index contributed by atoms with van der Waals surface area (Å²) in [6, 6.07) is 10.9. The van der Waals surface area contributed by atoms with Crippen LogP contribution in [0.1, 0.15) is 13.3 Å². The molecule has 1 aromatic carbocycles. The summed E-state index contributed by atoms with van der Waals surface area (Å²) in [5.74, 6) is 1.25. The Morgan fingerprint density at radius 2 is 2.22 bits per heavy atom. The summed E-state index contributed by atoms with van der Waals surface area (Å²) in [5.41, 5.74) is 2.28. The van der Waals surface area contributed by atoms with Crippen molar-refractivity contribution < 1.29 is 0 Å². The minimum Gasteiger partial charge on any atom is -0.379 e. The van der Waals surface area contributed by atoms with Crippen LogP contribution in [-0.4, -0.2) is 26.8 Å². The molecule has 18 heavy (non-hydrogen) atoms. The van der Waals surface area contributed by atoms with Gasteiger partial charge in [0.25, 0.3) is 0 Å². The molecule has 0 amide bonds. The van der Waals surface area contributed by atoms with Crippen LogP contribution < -0.4 is 5.32 Å². The number of para-hydroxylation sites is 2. The second-order valence-corrected chi connectivity index (χ2v) is 6.07. The highest BCUT2D eigenvalue weighted by Gasteiger charge is 2.24. The Morgan fingerprint density at radius 3 is 2.94 bits per heavy atom. The fourth-order valence-corrected chi connectivity index (χ4v) is 3.53. The van der Waals surface area contributed by atoms with Gasteiger partial charge in [0.05, 0.1) is 11.4 Å². The smallest absolute Gasteiger partial charge is 0.0876 e. The van der Waals surface area contributed by atoms with Gasteiger partial charge in [0, 0.05) is 23.7 Å². The van der Waals surface area contributed by atoms with Crippen LogP contribution in [0.25, 0.3) is 5.69 Å². The number of nitrogens with one attached hydrogen (secondary N) is 1. The predicted octanol–water partition coefficient (Wildman–Crippen LogP) is 3.18. The molecule has 2 atom stereocenters. The highest BCUT2D eigenvalue weighted by molar-refractivity contribution is 8.00. The van der Waals surface area contributed by atoms with Crippen molar-refractivity contribution in [3.63, 3.8) is 0 Å². The summed E-state index contributed by atoms with van der Waals surface area (Å²) in [6.07, 6.45) is 5.03. The third kappa shape index (κ3) is 2.25. The van der Waals surface area contributed by atoms with Gasteiger partial charge in [-0.3, -0.25) is 0 Å². The molecule has 0 saturated carbocycles. The van der Waals surface area contributed by atoms with E-state index in [1.165, 1.54) is 17.9 Å². The van der Waals surface area contributed by atoms with Gasteiger partial charge < -0.3 is 5.32 Å². The lowest BCUT2D eigenvalue weighted by molar-refractivity contribution is 0.722. The van der Waals surface area contributed by atoms with Crippen LogP contribution in [0.4, 0.5) is 5.69 Å². The number of aromatic nitrogens is 2. The van der Waals surface area contributed by atoms with Crippen molar-refractivity contribution in [3.8, 4) is 5.69 Å². The van der Waals surface area contributed by atoms with E-state index in [4.69, 9.17) is 0 Å². The standard InChI is InChI=1S/C14H17N3S/c1-11-12(7-10-18-11)16-13-5-2-3-6-14(13)17-9-4-8-15-17/h2-6,8-9,11-12,16H,7,10H2,1H3. The van der Waals surface area contributed by atoms with Crippen molar-refractivity contribution in [1.82, 2.24) is 9.78 Å². The van der Waals surface area contributed by atoms with Crippen molar-refractivity contribution in [2.45, 2.75) is 24.6 Å². The van der Waals surface area contributed by atoms with Crippen molar-refractivity contribution in [2.75, 3.05) is 11.1 Å². The Morgan fingerprint density at radius 1 is 1.33 bits per heavy atom. The molecule has 3 rings (SSSR count). The van der Waals surface area contributed by atoms with E-state index in [0.717, 1.165) is 5.69 Å². The van der Waals surface area contributed by atoms with Crippen LogP contribution in [0.2, 0.25) is 0 Å². The molecule has 3 nitrogen and oxygen atoms in total. The topological polar surface area (TPSA) is 29.9 Å². The summed E-state index contributed by atoms with van der Waals surface area (Å²) in [7, 11) is 0. The van der Waals surface area contributed by atoms with Gasteiger partial charge in [-0.1, -0.05) is 19.1 Å². The van der Waals surface area contributed by atoms with Gasteiger partial charge in [-0.2, -0.15) is 16.9 Å². The van der Waals surface area contributed by atoms with E-state index < -0.39 is 0 Å². The molecular weight excluding hydrogens is 242 g/mol. The van der Waals surface area contributed by atoms with Crippen LogP contribution >= 0.6 is 11.8 Å². The van der Waals surface area contributed by atoms with Gasteiger partial charge >= 0.3 is 0 Å². The Bertz CT molecular complexity index is 510. The van der Waals surface area contributed by atoms with Gasteiger partial charge in [-0.15, -0.1) is 0 Å². The molecule has 94 valence electrons. The van der Waals surface area contributed by atoms with Gasteiger partial charge in [0.1, 0.15) is 0 Å². The van der Waals surface area contributed by atoms with Crippen LogP contribution in [-0.2, 0) is 0 Å². The molecule has 2 aromatic rings. The molecule has 2 heterocycles. The molecule has 1 N–H and O–H groups in total. The second-order valence-electron chi connectivity index (χ2n) is 4.58. The first kappa shape index (κ1) is 11.7. The van der Waals surface area contributed by atoms with Crippen LogP contribution in [0.3, 0.4) is 0 Å². The zero-order chi connectivity index (χ0) is 12.4. The van der Waals surface area contributed by atoms with Gasteiger partial charge in [-0.25, -0.2) is 4.68 Å². The highest BCUT2D eigenvalue weighted by atomic mass is 32.2. The SMILES string of the molecule is CC1SCCC1Nc1ccccc1-n1cccn1. The number of benzene rings is 1. The van der Waals surface area contributed by atoms with Crippen molar-refractivity contribution in [1.29, 1.82) is 0 Å². The molecule has 4 heteroatoms. The van der Waals surface area contributed by atoms with E-state index in [9.17, 15) is 0 Å². The second kappa shape index (κ2) is 5.06. The first-order valence-corrected chi connectivity index (χ1v) is 7.36. The van der Waals surface area contributed by atoms with Crippen LogP contribution in [0.5, 0.6) is 0 Å². The zero-order valence-corrected chi connectivity index (χ0v) is 11.2. The third-order valence-corrected chi connectivity index (χ3v) is 4.70. The summed E-state index contributed by atoms with van der Waals surface area (Å²) < 4.78 is 1.91. The molecule has 1 aromatic heterocycles. The Kier molecular flexibility index (Phi) is 3.28. The lowest BCUT2D eigenvalue weighted by Crippen LogP contribution is -2.25. The quantitative estimate of drug-likeness (QED) is 0.918.